The second kappa shape index (κ2) is 3.81. The van der Waals surface area contributed by atoms with Crippen LogP contribution in [0.2, 0.25) is 0 Å². The van der Waals surface area contributed by atoms with E-state index in [-0.39, 0.29) is 0 Å². The number of nitrogen functional groups attached to an aromatic ring is 1. The molecule has 0 saturated carbocycles. The summed E-state index contributed by atoms with van der Waals surface area (Å²) in [5.74, 6) is 0. The van der Waals surface area contributed by atoms with Crippen LogP contribution >= 0.6 is 11.3 Å². The average molecular weight is 246 g/mol. The average Bonchev–Trinajstić information content (AvgIpc) is 2.91. The van der Waals surface area contributed by atoms with Crippen LogP contribution in [0.1, 0.15) is 11.8 Å². The summed E-state index contributed by atoms with van der Waals surface area (Å²) in [7, 11) is 0. The fraction of sp³-hybridized carbons (Fsp3) is 0.182. The molecule has 0 aliphatic carbocycles. The summed E-state index contributed by atoms with van der Waals surface area (Å²) in [5.41, 5.74) is 8.83. The Morgan fingerprint density at radius 2 is 2.35 bits per heavy atom. The maximum atomic E-state index is 5.98. The highest BCUT2D eigenvalue weighted by Gasteiger charge is 2.18. The molecule has 86 valence electrons. The number of nitrogens with zero attached hydrogens (tertiary/aromatic N) is 3. The van der Waals surface area contributed by atoms with Gasteiger partial charge in [0.2, 0.25) is 5.58 Å². The van der Waals surface area contributed by atoms with Crippen LogP contribution in [0.4, 0.5) is 5.69 Å². The first-order chi connectivity index (χ1) is 8.31. The molecule has 0 aliphatic heterocycles. The molecule has 17 heavy (non-hydrogen) atoms. The van der Waals surface area contributed by atoms with Crippen LogP contribution in [0.25, 0.3) is 21.7 Å². The van der Waals surface area contributed by atoms with Gasteiger partial charge in [-0.25, -0.2) is 9.97 Å². The summed E-state index contributed by atoms with van der Waals surface area (Å²) in [6, 6.07) is 1.80. The van der Waals surface area contributed by atoms with Crippen LogP contribution in [0.3, 0.4) is 0 Å². The minimum atomic E-state index is 0.667. The zero-order valence-electron chi connectivity index (χ0n) is 9.17. The largest absolute Gasteiger partial charge is 0.395 e. The molecule has 2 N–H and O–H groups in total. The Hall–Kier alpha value is -1.95. The summed E-state index contributed by atoms with van der Waals surface area (Å²) in [5, 5.41) is 4.03. The predicted octanol–water partition coefficient (Wildman–Crippen LogP) is 2.49. The van der Waals surface area contributed by atoms with Crippen molar-refractivity contribution in [2.75, 3.05) is 5.73 Å². The molecule has 0 fully saturated rings. The van der Waals surface area contributed by atoms with E-state index < -0.39 is 0 Å². The molecule has 3 rings (SSSR count). The number of rotatable bonds is 2. The van der Waals surface area contributed by atoms with Crippen molar-refractivity contribution in [3.05, 3.63) is 23.5 Å². The quantitative estimate of drug-likeness (QED) is 0.751. The number of thiophene rings is 1. The van der Waals surface area contributed by atoms with Crippen molar-refractivity contribution >= 4 is 27.3 Å². The van der Waals surface area contributed by atoms with Gasteiger partial charge in [0, 0.05) is 11.1 Å². The van der Waals surface area contributed by atoms with E-state index in [1.165, 1.54) is 6.33 Å². The smallest absolute Gasteiger partial charge is 0.201 e. The molecular formula is C11H10N4OS. The molecule has 5 nitrogen and oxygen atoms in total. The number of aryl methyl sites for hydroxylation is 1. The maximum absolute atomic E-state index is 5.98. The zero-order valence-corrected chi connectivity index (χ0v) is 9.99. The van der Waals surface area contributed by atoms with E-state index in [9.17, 15) is 0 Å². The standard InChI is InChI=1S/C11H10N4OS/c1-2-7-8(12)10-11(17-7)9(15-16-10)6-3-4-13-5-14-6/h3-5H,2,12H2,1H3. The van der Waals surface area contributed by atoms with E-state index in [4.69, 9.17) is 10.3 Å². The first-order valence-electron chi connectivity index (χ1n) is 5.24. The Balaban J connectivity index is 2.25. The van der Waals surface area contributed by atoms with Gasteiger partial charge in [-0.15, -0.1) is 11.3 Å². The van der Waals surface area contributed by atoms with E-state index in [0.29, 0.717) is 11.3 Å². The van der Waals surface area contributed by atoms with Crippen LogP contribution in [0, 0.1) is 0 Å². The molecular weight excluding hydrogens is 236 g/mol. The summed E-state index contributed by atoms with van der Waals surface area (Å²) in [6.45, 7) is 2.07. The Morgan fingerprint density at radius 3 is 3.06 bits per heavy atom. The van der Waals surface area contributed by atoms with Gasteiger partial charge >= 0.3 is 0 Å². The number of fused-ring (bicyclic) bond motifs is 1. The van der Waals surface area contributed by atoms with Gasteiger partial charge in [-0.1, -0.05) is 12.1 Å². The topological polar surface area (TPSA) is 77.8 Å². The van der Waals surface area contributed by atoms with Crippen molar-refractivity contribution in [2.45, 2.75) is 13.3 Å². The lowest BCUT2D eigenvalue weighted by atomic mass is 10.2. The van der Waals surface area contributed by atoms with Crippen molar-refractivity contribution < 1.29 is 4.52 Å². The third-order valence-corrected chi connectivity index (χ3v) is 3.90. The van der Waals surface area contributed by atoms with E-state index in [1.54, 1.807) is 23.6 Å². The molecule has 3 heterocycles. The van der Waals surface area contributed by atoms with Gasteiger partial charge in [-0.05, 0) is 12.5 Å². The number of nitrogens with two attached hydrogens (primary N) is 1. The van der Waals surface area contributed by atoms with Crippen LogP contribution in [0.15, 0.2) is 23.1 Å². The molecule has 0 spiro atoms. The molecule has 0 amide bonds. The second-order valence-corrected chi connectivity index (χ2v) is 4.68. The summed E-state index contributed by atoms with van der Waals surface area (Å²) in [4.78, 5) is 9.17. The molecule has 6 heteroatoms. The molecule has 0 atom stereocenters. The third-order valence-electron chi connectivity index (χ3n) is 2.57. The van der Waals surface area contributed by atoms with Crippen molar-refractivity contribution in [3.63, 3.8) is 0 Å². The van der Waals surface area contributed by atoms with Crippen molar-refractivity contribution in [1.29, 1.82) is 0 Å². The van der Waals surface area contributed by atoms with Crippen molar-refractivity contribution in [1.82, 2.24) is 15.1 Å². The Morgan fingerprint density at radius 1 is 1.47 bits per heavy atom. The Labute approximate surface area is 101 Å². The van der Waals surface area contributed by atoms with Crippen LogP contribution in [-0.2, 0) is 6.42 Å². The number of anilines is 1. The van der Waals surface area contributed by atoms with Crippen molar-refractivity contribution in [3.8, 4) is 11.4 Å². The van der Waals surface area contributed by atoms with E-state index in [1.807, 2.05) is 0 Å². The first kappa shape index (κ1) is 10.2. The molecule has 3 aromatic heterocycles. The van der Waals surface area contributed by atoms with Gasteiger partial charge in [0.25, 0.3) is 0 Å². The van der Waals surface area contributed by atoms with E-state index in [0.717, 1.165) is 27.4 Å². The van der Waals surface area contributed by atoms with Gasteiger partial charge in [0.1, 0.15) is 16.7 Å². The lowest BCUT2D eigenvalue weighted by molar-refractivity contribution is 0.460. The second-order valence-electron chi connectivity index (χ2n) is 3.58. The molecule has 3 aromatic rings. The molecule has 0 saturated heterocycles. The third kappa shape index (κ3) is 1.49. The van der Waals surface area contributed by atoms with Crippen LogP contribution in [0.5, 0.6) is 0 Å². The highest BCUT2D eigenvalue weighted by Crippen LogP contribution is 2.39. The minimum absolute atomic E-state index is 0.667. The Bertz CT molecular complexity index is 659. The normalized spacial score (nSPS) is 11.1. The molecule has 0 aromatic carbocycles. The van der Waals surface area contributed by atoms with E-state index >= 15 is 0 Å². The van der Waals surface area contributed by atoms with Gasteiger partial charge in [-0.2, -0.15) is 0 Å². The van der Waals surface area contributed by atoms with Crippen molar-refractivity contribution in [2.24, 2.45) is 0 Å². The molecule has 0 unspecified atom stereocenters. The predicted molar refractivity (Wildman–Crippen MR) is 66.7 cm³/mol. The monoisotopic (exact) mass is 246 g/mol. The number of aromatic nitrogens is 3. The summed E-state index contributed by atoms with van der Waals surface area (Å²) < 4.78 is 6.25. The lowest BCUT2D eigenvalue weighted by Crippen LogP contribution is -1.85. The molecule has 0 aliphatic rings. The van der Waals surface area contributed by atoms with Crippen LogP contribution < -0.4 is 5.73 Å². The minimum Gasteiger partial charge on any atom is -0.395 e. The molecule has 0 radical (unpaired) electrons. The highest BCUT2D eigenvalue weighted by molar-refractivity contribution is 7.20. The van der Waals surface area contributed by atoms with Gasteiger partial charge in [-0.3, -0.25) is 0 Å². The van der Waals surface area contributed by atoms with Gasteiger partial charge < -0.3 is 10.3 Å². The first-order valence-corrected chi connectivity index (χ1v) is 6.05. The fourth-order valence-electron chi connectivity index (χ4n) is 1.71. The highest BCUT2D eigenvalue weighted by atomic mass is 32.1. The zero-order chi connectivity index (χ0) is 11.8. The lowest BCUT2D eigenvalue weighted by Gasteiger charge is -1.92. The van der Waals surface area contributed by atoms with E-state index in [2.05, 4.69) is 22.0 Å². The number of hydrogen-bond acceptors (Lipinski definition) is 6. The molecule has 0 bridgehead atoms. The van der Waals surface area contributed by atoms with Crippen LogP contribution in [-0.4, -0.2) is 15.1 Å². The van der Waals surface area contributed by atoms with Gasteiger partial charge in [0.05, 0.1) is 11.4 Å². The number of hydrogen-bond donors (Lipinski definition) is 1. The summed E-state index contributed by atoms with van der Waals surface area (Å²) in [6.07, 6.45) is 4.07. The maximum Gasteiger partial charge on any atom is 0.201 e. The Kier molecular flexibility index (Phi) is 2.29. The van der Waals surface area contributed by atoms with Gasteiger partial charge in [0.15, 0.2) is 0 Å². The SMILES string of the molecule is CCc1sc2c(-c3ccncn3)noc2c1N. The fourth-order valence-corrected chi connectivity index (χ4v) is 2.78. The summed E-state index contributed by atoms with van der Waals surface area (Å²) >= 11 is 1.61.